The fourth-order valence-corrected chi connectivity index (χ4v) is 3.91. The van der Waals surface area contributed by atoms with Gasteiger partial charge in [0, 0.05) is 11.6 Å². The van der Waals surface area contributed by atoms with Crippen molar-refractivity contribution in [3.63, 3.8) is 0 Å². The van der Waals surface area contributed by atoms with Crippen molar-refractivity contribution in [1.29, 1.82) is 0 Å². The van der Waals surface area contributed by atoms with Gasteiger partial charge in [-0.05, 0) is 36.6 Å². The third-order valence-corrected chi connectivity index (χ3v) is 5.45. The van der Waals surface area contributed by atoms with Crippen molar-refractivity contribution in [3.05, 3.63) is 57.8 Å². The predicted molar refractivity (Wildman–Crippen MR) is 102 cm³/mol. The molecule has 1 N–H and O–H groups in total. The van der Waals surface area contributed by atoms with E-state index in [1.807, 2.05) is 47.4 Å². The van der Waals surface area contributed by atoms with Gasteiger partial charge in [-0.2, -0.15) is 0 Å². The maximum absolute atomic E-state index is 12.5. The fourth-order valence-electron chi connectivity index (χ4n) is 3.13. The quantitative estimate of drug-likeness (QED) is 0.831. The average Bonchev–Trinajstić information content (AvgIpc) is 3.13. The van der Waals surface area contributed by atoms with E-state index in [-0.39, 0.29) is 5.91 Å². The van der Waals surface area contributed by atoms with Crippen LogP contribution in [-0.2, 0) is 11.3 Å². The number of piperazine rings is 1. The van der Waals surface area contributed by atoms with Gasteiger partial charge in [-0.3, -0.25) is 4.79 Å². The molecule has 1 saturated heterocycles. The lowest BCUT2D eigenvalue weighted by Gasteiger charge is -2.31. The van der Waals surface area contributed by atoms with E-state index in [4.69, 9.17) is 4.74 Å². The van der Waals surface area contributed by atoms with Crippen LogP contribution in [0.25, 0.3) is 6.08 Å². The summed E-state index contributed by atoms with van der Waals surface area (Å²) in [5.41, 5.74) is 2.09. The SMILES string of the molecule is COc1ccc(C)cc1/C=C/C(=O)N1CC[NH+](Cc2cccs2)CC1. The number of ether oxygens (including phenoxy) is 1. The number of amides is 1. The number of carbonyl (C=O) groups excluding carboxylic acids is 1. The first-order valence-electron chi connectivity index (χ1n) is 8.63. The van der Waals surface area contributed by atoms with E-state index in [1.54, 1.807) is 18.1 Å². The van der Waals surface area contributed by atoms with Gasteiger partial charge in [-0.1, -0.05) is 17.7 Å². The van der Waals surface area contributed by atoms with Crippen LogP contribution in [0.4, 0.5) is 0 Å². The summed E-state index contributed by atoms with van der Waals surface area (Å²) in [6.07, 6.45) is 3.53. The largest absolute Gasteiger partial charge is 0.496 e. The van der Waals surface area contributed by atoms with E-state index in [0.29, 0.717) is 0 Å². The molecule has 0 aliphatic carbocycles. The summed E-state index contributed by atoms with van der Waals surface area (Å²) < 4.78 is 5.36. The Kier molecular flexibility index (Phi) is 5.89. The minimum absolute atomic E-state index is 0.0822. The molecule has 0 saturated carbocycles. The van der Waals surface area contributed by atoms with Gasteiger partial charge >= 0.3 is 0 Å². The molecule has 2 aromatic rings. The highest BCUT2D eigenvalue weighted by Gasteiger charge is 2.22. The number of hydrogen-bond acceptors (Lipinski definition) is 3. The first-order chi connectivity index (χ1) is 12.2. The molecule has 3 rings (SSSR count). The Morgan fingerprint density at radius 3 is 2.80 bits per heavy atom. The zero-order chi connectivity index (χ0) is 17.6. The first-order valence-corrected chi connectivity index (χ1v) is 9.51. The molecular formula is C20H25N2O2S+. The number of hydrogen-bond donors (Lipinski definition) is 1. The second-order valence-corrected chi connectivity index (χ2v) is 7.44. The van der Waals surface area contributed by atoms with Crippen LogP contribution in [0.5, 0.6) is 5.75 Å². The van der Waals surface area contributed by atoms with Crippen molar-refractivity contribution in [2.75, 3.05) is 33.3 Å². The molecule has 132 valence electrons. The number of quaternary nitrogens is 1. The third-order valence-electron chi connectivity index (χ3n) is 4.58. The number of carbonyl (C=O) groups is 1. The number of aryl methyl sites for hydroxylation is 1. The van der Waals surface area contributed by atoms with Crippen molar-refractivity contribution in [2.24, 2.45) is 0 Å². The van der Waals surface area contributed by atoms with Crippen LogP contribution in [-0.4, -0.2) is 44.1 Å². The van der Waals surface area contributed by atoms with Crippen molar-refractivity contribution in [3.8, 4) is 5.75 Å². The number of methoxy groups -OCH3 is 1. The van der Waals surface area contributed by atoms with E-state index < -0.39 is 0 Å². The molecule has 25 heavy (non-hydrogen) atoms. The highest BCUT2D eigenvalue weighted by atomic mass is 32.1. The highest BCUT2D eigenvalue weighted by molar-refractivity contribution is 7.09. The average molecular weight is 357 g/mol. The molecule has 1 aromatic carbocycles. The van der Waals surface area contributed by atoms with Crippen LogP contribution in [0.3, 0.4) is 0 Å². The second-order valence-electron chi connectivity index (χ2n) is 6.41. The number of rotatable bonds is 5. The summed E-state index contributed by atoms with van der Waals surface area (Å²) in [5, 5.41) is 2.12. The molecule has 1 aliphatic rings. The molecule has 0 spiro atoms. The van der Waals surface area contributed by atoms with Crippen molar-refractivity contribution < 1.29 is 14.4 Å². The van der Waals surface area contributed by atoms with Gasteiger partial charge in [0.15, 0.2) is 0 Å². The fraction of sp³-hybridized carbons (Fsp3) is 0.350. The van der Waals surface area contributed by atoms with Gasteiger partial charge in [0.25, 0.3) is 0 Å². The van der Waals surface area contributed by atoms with Crippen molar-refractivity contribution in [1.82, 2.24) is 4.90 Å². The summed E-state index contributed by atoms with van der Waals surface area (Å²) in [7, 11) is 1.65. The molecule has 1 fully saturated rings. The lowest BCUT2D eigenvalue weighted by molar-refractivity contribution is -0.917. The van der Waals surface area contributed by atoms with Gasteiger partial charge in [-0.25, -0.2) is 0 Å². The summed E-state index contributed by atoms with van der Waals surface area (Å²) in [4.78, 5) is 17.4. The second kappa shape index (κ2) is 8.32. The molecule has 1 amide bonds. The number of nitrogens with zero attached hydrogens (tertiary/aromatic N) is 1. The van der Waals surface area contributed by atoms with Gasteiger partial charge in [0.05, 0.1) is 38.2 Å². The zero-order valence-electron chi connectivity index (χ0n) is 14.8. The normalized spacial score (nSPS) is 15.7. The van der Waals surface area contributed by atoms with E-state index in [2.05, 4.69) is 17.5 Å². The Bertz CT molecular complexity index is 732. The molecule has 1 aromatic heterocycles. The van der Waals surface area contributed by atoms with Crippen LogP contribution in [0.2, 0.25) is 0 Å². The Balaban J connectivity index is 1.55. The van der Waals surface area contributed by atoms with Crippen molar-refractivity contribution in [2.45, 2.75) is 13.5 Å². The maximum atomic E-state index is 12.5. The third kappa shape index (κ3) is 4.71. The lowest BCUT2D eigenvalue weighted by atomic mass is 10.1. The molecule has 5 heteroatoms. The van der Waals surface area contributed by atoms with Crippen LogP contribution >= 0.6 is 11.3 Å². The molecule has 0 unspecified atom stereocenters. The van der Waals surface area contributed by atoms with Gasteiger partial charge < -0.3 is 14.5 Å². The number of thiophene rings is 1. The number of benzene rings is 1. The summed E-state index contributed by atoms with van der Waals surface area (Å²) in [5.74, 6) is 0.874. The van der Waals surface area contributed by atoms with Gasteiger partial charge in [0.1, 0.15) is 12.3 Å². The Labute approximate surface area is 153 Å². The Morgan fingerprint density at radius 1 is 1.32 bits per heavy atom. The molecule has 1 aliphatic heterocycles. The van der Waals surface area contributed by atoms with Crippen molar-refractivity contribution >= 4 is 23.3 Å². The first kappa shape index (κ1) is 17.7. The molecule has 0 radical (unpaired) electrons. The highest BCUT2D eigenvalue weighted by Crippen LogP contribution is 2.21. The molecule has 4 nitrogen and oxygen atoms in total. The van der Waals surface area contributed by atoms with E-state index >= 15 is 0 Å². The van der Waals surface area contributed by atoms with Crippen LogP contribution in [0.15, 0.2) is 41.8 Å². The summed E-state index contributed by atoms with van der Waals surface area (Å²) >= 11 is 1.81. The van der Waals surface area contributed by atoms with E-state index in [9.17, 15) is 4.79 Å². The van der Waals surface area contributed by atoms with Gasteiger partial charge in [-0.15, -0.1) is 11.3 Å². The maximum Gasteiger partial charge on any atom is 0.246 e. The molecular weight excluding hydrogens is 332 g/mol. The summed E-state index contributed by atoms with van der Waals surface area (Å²) in [6.45, 7) is 6.74. The Morgan fingerprint density at radius 2 is 2.12 bits per heavy atom. The minimum Gasteiger partial charge on any atom is -0.496 e. The Hall–Kier alpha value is -2.11. The smallest absolute Gasteiger partial charge is 0.246 e. The topological polar surface area (TPSA) is 34.0 Å². The predicted octanol–water partition coefficient (Wildman–Crippen LogP) is 2.01. The molecule has 0 bridgehead atoms. The summed E-state index contributed by atoms with van der Waals surface area (Å²) in [6, 6.07) is 10.3. The lowest BCUT2D eigenvalue weighted by Crippen LogP contribution is -3.13. The van der Waals surface area contributed by atoms with E-state index in [1.165, 1.54) is 4.88 Å². The minimum atomic E-state index is 0.0822. The molecule has 0 atom stereocenters. The van der Waals surface area contributed by atoms with Crippen LogP contribution in [0.1, 0.15) is 16.0 Å². The standard InChI is InChI=1S/C20H24N2O2S/c1-16-5-7-19(24-2)17(14-16)6-8-20(23)22-11-9-21(10-12-22)15-18-4-3-13-25-18/h3-8,13-14H,9-12,15H2,1-2H3/p+1/b8-6+. The van der Waals surface area contributed by atoms with E-state index in [0.717, 1.165) is 49.6 Å². The van der Waals surface area contributed by atoms with Crippen LogP contribution in [0, 0.1) is 6.92 Å². The number of nitrogens with one attached hydrogen (secondary N) is 1. The van der Waals surface area contributed by atoms with Gasteiger partial charge in [0.2, 0.25) is 5.91 Å². The van der Waals surface area contributed by atoms with Crippen LogP contribution < -0.4 is 9.64 Å². The monoisotopic (exact) mass is 357 g/mol. The molecule has 2 heterocycles. The zero-order valence-corrected chi connectivity index (χ0v) is 15.6.